The van der Waals surface area contributed by atoms with Gasteiger partial charge in [-0.15, -0.1) is 0 Å². The summed E-state index contributed by atoms with van der Waals surface area (Å²) in [6, 6.07) is 24.4. The molecule has 0 aliphatic carbocycles. The monoisotopic (exact) mass is 468 g/mol. The van der Waals surface area contributed by atoms with Crippen molar-refractivity contribution in [1.82, 2.24) is 14.9 Å². The fraction of sp³-hybridized carbons (Fsp3) is 0.214. The van der Waals surface area contributed by atoms with Crippen molar-refractivity contribution in [3.05, 3.63) is 107 Å². The molecule has 0 amide bonds. The highest BCUT2D eigenvalue weighted by Crippen LogP contribution is 2.43. The SMILES string of the molecule is Cc1ccc(Oc2ccc(N3C(=S)N[C@@H](c4ccccn4)[C@H]3c3cc(C)n(C)c3C)cc2)cc1. The van der Waals surface area contributed by atoms with Gasteiger partial charge in [-0.25, -0.2) is 0 Å². The summed E-state index contributed by atoms with van der Waals surface area (Å²) in [5.74, 6) is 1.61. The summed E-state index contributed by atoms with van der Waals surface area (Å²) in [6.45, 7) is 6.36. The van der Waals surface area contributed by atoms with Crippen LogP contribution in [0.15, 0.2) is 79.0 Å². The van der Waals surface area contributed by atoms with Crippen molar-refractivity contribution < 1.29 is 4.74 Å². The van der Waals surface area contributed by atoms with Crippen LogP contribution in [-0.4, -0.2) is 14.7 Å². The van der Waals surface area contributed by atoms with E-state index in [4.69, 9.17) is 17.0 Å². The molecule has 172 valence electrons. The van der Waals surface area contributed by atoms with Crippen molar-refractivity contribution >= 4 is 23.0 Å². The fourth-order valence-corrected chi connectivity index (χ4v) is 4.90. The second-order valence-corrected chi connectivity index (χ2v) is 9.18. The van der Waals surface area contributed by atoms with Crippen LogP contribution in [0.2, 0.25) is 0 Å². The van der Waals surface area contributed by atoms with Gasteiger partial charge in [-0.2, -0.15) is 0 Å². The maximum atomic E-state index is 6.04. The number of thiocarbonyl (C=S) groups is 1. The minimum Gasteiger partial charge on any atom is -0.457 e. The van der Waals surface area contributed by atoms with E-state index in [1.54, 1.807) is 0 Å². The minimum absolute atomic E-state index is 0.0221. The average molecular weight is 469 g/mol. The lowest BCUT2D eigenvalue weighted by molar-refractivity contribution is 0.482. The van der Waals surface area contributed by atoms with Gasteiger partial charge < -0.3 is 19.5 Å². The largest absolute Gasteiger partial charge is 0.457 e. The second kappa shape index (κ2) is 8.95. The van der Waals surface area contributed by atoms with Gasteiger partial charge in [0.1, 0.15) is 11.5 Å². The van der Waals surface area contributed by atoms with Crippen molar-refractivity contribution in [3.8, 4) is 11.5 Å². The third-order valence-electron chi connectivity index (χ3n) is 6.60. The van der Waals surface area contributed by atoms with Crippen LogP contribution in [0, 0.1) is 20.8 Å². The number of benzene rings is 2. The number of nitrogens with zero attached hydrogens (tertiary/aromatic N) is 3. The summed E-state index contributed by atoms with van der Waals surface area (Å²) < 4.78 is 8.26. The molecular formula is C28H28N4OS. The molecule has 5 nitrogen and oxygen atoms in total. The number of aryl methyl sites for hydroxylation is 2. The maximum Gasteiger partial charge on any atom is 0.174 e. The Morgan fingerprint density at radius 2 is 1.59 bits per heavy atom. The fourth-order valence-electron chi connectivity index (χ4n) is 4.55. The van der Waals surface area contributed by atoms with E-state index in [1.165, 1.54) is 22.5 Å². The Morgan fingerprint density at radius 3 is 2.18 bits per heavy atom. The van der Waals surface area contributed by atoms with Gasteiger partial charge in [-0.05, 0) is 93.1 Å². The maximum absolute atomic E-state index is 6.04. The number of hydrogen-bond donors (Lipinski definition) is 1. The Morgan fingerprint density at radius 1 is 0.912 bits per heavy atom. The van der Waals surface area contributed by atoms with Gasteiger partial charge in [0.2, 0.25) is 0 Å². The third kappa shape index (κ3) is 4.05. The van der Waals surface area contributed by atoms with Gasteiger partial charge in [-0.1, -0.05) is 23.8 Å². The predicted molar refractivity (Wildman–Crippen MR) is 141 cm³/mol. The molecule has 6 heteroatoms. The van der Waals surface area contributed by atoms with E-state index in [0.29, 0.717) is 5.11 Å². The highest BCUT2D eigenvalue weighted by molar-refractivity contribution is 7.80. The van der Waals surface area contributed by atoms with Crippen LogP contribution < -0.4 is 15.0 Å². The van der Waals surface area contributed by atoms with Crippen molar-refractivity contribution in [3.63, 3.8) is 0 Å². The Bertz CT molecular complexity index is 1310. The quantitative estimate of drug-likeness (QED) is 0.348. The summed E-state index contributed by atoms with van der Waals surface area (Å²) in [6.07, 6.45) is 1.83. The molecule has 1 aliphatic rings. The van der Waals surface area contributed by atoms with Crippen molar-refractivity contribution in [2.45, 2.75) is 32.9 Å². The zero-order valence-electron chi connectivity index (χ0n) is 19.8. The number of ether oxygens (including phenoxy) is 1. The molecule has 0 radical (unpaired) electrons. The lowest BCUT2D eigenvalue weighted by Gasteiger charge is -2.28. The number of anilines is 1. The first-order chi connectivity index (χ1) is 16.4. The summed E-state index contributed by atoms with van der Waals surface area (Å²) in [5.41, 5.74) is 6.86. The number of rotatable bonds is 5. The minimum atomic E-state index is -0.0577. The molecule has 0 unspecified atom stereocenters. The first kappa shape index (κ1) is 22.2. The van der Waals surface area contributed by atoms with E-state index in [-0.39, 0.29) is 12.1 Å². The van der Waals surface area contributed by atoms with Crippen LogP contribution >= 0.6 is 12.2 Å². The van der Waals surface area contributed by atoms with Crippen LogP contribution in [0.3, 0.4) is 0 Å². The molecule has 1 aliphatic heterocycles. The summed E-state index contributed by atoms with van der Waals surface area (Å²) in [5, 5.41) is 4.23. The average Bonchev–Trinajstić information content (AvgIpc) is 3.32. The molecule has 1 saturated heterocycles. The highest BCUT2D eigenvalue weighted by atomic mass is 32.1. The molecular weight excluding hydrogens is 440 g/mol. The third-order valence-corrected chi connectivity index (χ3v) is 6.92. The van der Waals surface area contributed by atoms with Crippen LogP contribution in [0.5, 0.6) is 11.5 Å². The molecule has 2 aromatic carbocycles. The number of aromatic nitrogens is 2. The van der Waals surface area contributed by atoms with E-state index in [2.05, 4.69) is 71.9 Å². The van der Waals surface area contributed by atoms with Crippen molar-refractivity contribution in [1.29, 1.82) is 0 Å². The standard InChI is InChI=1S/C28H28N4OS/c1-18-8-12-22(13-9-18)33-23-14-10-21(11-15-23)32-27(24-17-19(2)31(4)20(24)3)26(30-28(32)34)25-7-5-6-16-29-25/h5-17,26-27H,1-4H3,(H,30,34)/t26-,27+/m0/s1. The van der Waals surface area contributed by atoms with Crippen LogP contribution in [0.25, 0.3) is 0 Å². The normalized spacial score (nSPS) is 17.6. The molecule has 0 spiro atoms. The highest BCUT2D eigenvalue weighted by Gasteiger charge is 2.42. The van der Waals surface area contributed by atoms with Gasteiger partial charge in [-0.3, -0.25) is 4.98 Å². The Hall–Kier alpha value is -3.64. The topological polar surface area (TPSA) is 42.3 Å². The van der Waals surface area contributed by atoms with Crippen LogP contribution in [0.1, 0.15) is 40.3 Å². The molecule has 5 rings (SSSR count). The molecule has 2 aromatic heterocycles. The molecule has 4 aromatic rings. The number of nitrogens with one attached hydrogen (secondary N) is 1. The summed E-state index contributed by atoms with van der Waals surface area (Å²) in [7, 11) is 2.10. The predicted octanol–water partition coefficient (Wildman–Crippen LogP) is 6.31. The number of hydrogen-bond acceptors (Lipinski definition) is 3. The summed E-state index contributed by atoms with van der Waals surface area (Å²) in [4.78, 5) is 6.85. The molecule has 1 fully saturated rings. The molecule has 3 heterocycles. The van der Waals surface area contributed by atoms with Gasteiger partial charge in [0.05, 0.1) is 17.8 Å². The van der Waals surface area contributed by atoms with Gasteiger partial charge in [0, 0.05) is 30.3 Å². The molecule has 0 bridgehead atoms. The van der Waals surface area contributed by atoms with Gasteiger partial charge in [0.15, 0.2) is 5.11 Å². The lowest BCUT2D eigenvalue weighted by Crippen LogP contribution is -2.29. The van der Waals surface area contributed by atoms with Crippen LogP contribution in [-0.2, 0) is 7.05 Å². The molecule has 0 saturated carbocycles. The smallest absolute Gasteiger partial charge is 0.174 e. The second-order valence-electron chi connectivity index (χ2n) is 8.79. The van der Waals surface area contributed by atoms with E-state index in [0.717, 1.165) is 22.9 Å². The van der Waals surface area contributed by atoms with E-state index < -0.39 is 0 Å². The van der Waals surface area contributed by atoms with Crippen molar-refractivity contribution in [2.75, 3.05) is 4.90 Å². The molecule has 34 heavy (non-hydrogen) atoms. The molecule has 1 N–H and O–H groups in total. The Balaban J connectivity index is 1.51. The Kier molecular flexibility index (Phi) is 5.84. The number of pyridine rings is 1. The Labute approximate surface area is 206 Å². The van der Waals surface area contributed by atoms with E-state index in [9.17, 15) is 0 Å². The van der Waals surface area contributed by atoms with Gasteiger partial charge in [0.25, 0.3) is 0 Å². The zero-order chi connectivity index (χ0) is 23.8. The zero-order valence-corrected chi connectivity index (χ0v) is 20.6. The van der Waals surface area contributed by atoms with Gasteiger partial charge >= 0.3 is 0 Å². The first-order valence-corrected chi connectivity index (χ1v) is 11.8. The van der Waals surface area contributed by atoms with Crippen molar-refractivity contribution in [2.24, 2.45) is 7.05 Å². The lowest BCUT2D eigenvalue weighted by atomic mass is 9.96. The van der Waals surface area contributed by atoms with E-state index in [1.807, 2.05) is 54.7 Å². The summed E-state index contributed by atoms with van der Waals surface area (Å²) >= 11 is 5.86. The molecule has 2 atom stereocenters. The van der Waals surface area contributed by atoms with E-state index >= 15 is 0 Å². The van der Waals surface area contributed by atoms with Crippen LogP contribution in [0.4, 0.5) is 5.69 Å². The first-order valence-electron chi connectivity index (χ1n) is 11.4.